The average Bonchev–Trinajstić information content (AvgIpc) is 3.07. The van der Waals surface area contributed by atoms with Crippen molar-refractivity contribution < 1.29 is 14.5 Å². The predicted molar refractivity (Wildman–Crippen MR) is 96.2 cm³/mol. The summed E-state index contributed by atoms with van der Waals surface area (Å²) in [4.78, 5) is 25.3. The molecule has 132 valence electrons. The number of amides is 2. The molecule has 1 heterocycles. The van der Waals surface area contributed by atoms with E-state index in [1.165, 1.54) is 31.5 Å². The number of carbonyl (C=O) groups excluding carboxylic acids is 2. The SMILES string of the molecule is CC(C)c1ccc(NC(=O)CCC(=O)NCC[NH+]2CCCC2)cc1. The van der Waals surface area contributed by atoms with Crippen LogP contribution in [0.25, 0.3) is 0 Å². The number of rotatable bonds is 8. The van der Waals surface area contributed by atoms with E-state index in [2.05, 4.69) is 24.5 Å². The van der Waals surface area contributed by atoms with E-state index in [0.717, 1.165) is 12.2 Å². The fourth-order valence-electron chi connectivity index (χ4n) is 2.99. The second kappa shape index (κ2) is 9.42. The number of anilines is 1. The minimum Gasteiger partial charge on any atom is -0.350 e. The highest BCUT2D eigenvalue weighted by Gasteiger charge is 2.15. The molecule has 0 aromatic heterocycles. The summed E-state index contributed by atoms with van der Waals surface area (Å²) in [5.41, 5.74) is 2.02. The molecule has 0 unspecified atom stereocenters. The first-order valence-electron chi connectivity index (χ1n) is 9.04. The normalized spacial score (nSPS) is 14.8. The third-order valence-corrected chi connectivity index (χ3v) is 4.55. The van der Waals surface area contributed by atoms with Gasteiger partial charge < -0.3 is 15.5 Å². The zero-order valence-electron chi connectivity index (χ0n) is 14.9. The molecule has 0 spiro atoms. The minimum atomic E-state index is -0.118. The Morgan fingerprint density at radius 2 is 1.67 bits per heavy atom. The quantitative estimate of drug-likeness (QED) is 0.672. The van der Waals surface area contributed by atoms with Gasteiger partial charge >= 0.3 is 0 Å². The lowest BCUT2D eigenvalue weighted by molar-refractivity contribution is -0.886. The smallest absolute Gasteiger partial charge is 0.224 e. The maximum Gasteiger partial charge on any atom is 0.224 e. The summed E-state index contributed by atoms with van der Waals surface area (Å²) in [5, 5.41) is 5.75. The summed E-state index contributed by atoms with van der Waals surface area (Å²) < 4.78 is 0. The molecule has 0 saturated carbocycles. The van der Waals surface area contributed by atoms with Crippen molar-refractivity contribution in [3.8, 4) is 0 Å². The lowest BCUT2D eigenvalue weighted by Crippen LogP contribution is -3.10. The highest BCUT2D eigenvalue weighted by Crippen LogP contribution is 2.17. The van der Waals surface area contributed by atoms with Gasteiger partial charge in [-0.25, -0.2) is 0 Å². The number of hydrogen-bond acceptors (Lipinski definition) is 2. The van der Waals surface area contributed by atoms with Crippen molar-refractivity contribution in [2.24, 2.45) is 0 Å². The van der Waals surface area contributed by atoms with Crippen LogP contribution in [0.4, 0.5) is 5.69 Å². The van der Waals surface area contributed by atoms with Gasteiger partial charge in [-0.1, -0.05) is 26.0 Å². The molecule has 2 amide bonds. The van der Waals surface area contributed by atoms with Crippen molar-refractivity contribution in [1.29, 1.82) is 0 Å². The zero-order valence-corrected chi connectivity index (χ0v) is 14.9. The molecule has 1 aromatic carbocycles. The molecule has 5 nitrogen and oxygen atoms in total. The standard InChI is InChI=1S/C19H29N3O2/c1-15(2)16-5-7-17(8-6-16)21-19(24)10-9-18(23)20-11-14-22-12-3-4-13-22/h5-8,15H,3-4,9-14H2,1-2H3,(H,20,23)(H,21,24)/p+1. The second-order valence-electron chi connectivity index (χ2n) is 6.88. The molecule has 0 radical (unpaired) electrons. The van der Waals surface area contributed by atoms with Gasteiger partial charge in [0.1, 0.15) is 0 Å². The van der Waals surface area contributed by atoms with E-state index >= 15 is 0 Å². The largest absolute Gasteiger partial charge is 0.350 e. The molecule has 5 heteroatoms. The first-order valence-corrected chi connectivity index (χ1v) is 9.04. The molecule has 1 aromatic rings. The molecule has 1 fully saturated rings. The van der Waals surface area contributed by atoms with E-state index in [1.807, 2.05) is 24.3 Å². The Balaban J connectivity index is 1.62. The van der Waals surface area contributed by atoms with Crippen LogP contribution in [0, 0.1) is 0 Å². The molecule has 24 heavy (non-hydrogen) atoms. The molecular formula is C19H30N3O2+. The van der Waals surface area contributed by atoms with E-state index < -0.39 is 0 Å². The Morgan fingerprint density at radius 1 is 1.04 bits per heavy atom. The first-order chi connectivity index (χ1) is 11.5. The van der Waals surface area contributed by atoms with Gasteiger partial charge in [0.25, 0.3) is 0 Å². The Hall–Kier alpha value is -1.88. The van der Waals surface area contributed by atoms with Crippen LogP contribution >= 0.6 is 0 Å². The molecule has 0 bridgehead atoms. The molecule has 0 atom stereocenters. The van der Waals surface area contributed by atoms with Crippen LogP contribution in [0.15, 0.2) is 24.3 Å². The first kappa shape index (κ1) is 18.5. The van der Waals surface area contributed by atoms with Gasteiger partial charge in [-0.15, -0.1) is 0 Å². The van der Waals surface area contributed by atoms with Crippen molar-refractivity contribution in [1.82, 2.24) is 5.32 Å². The van der Waals surface area contributed by atoms with Gasteiger partial charge in [0, 0.05) is 31.4 Å². The average molecular weight is 332 g/mol. The fourth-order valence-corrected chi connectivity index (χ4v) is 2.99. The van der Waals surface area contributed by atoms with Gasteiger partial charge in [-0.2, -0.15) is 0 Å². The molecule has 3 N–H and O–H groups in total. The number of hydrogen-bond donors (Lipinski definition) is 3. The van der Waals surface area contributed by atoms with Crippen molar-refractivity contribution in [3.05, 3.63) is 29.8 Å². The van der Waals surface area contributed by atoms with Gasteiger partial charge in [-0.05, 0) is 23.6 Å². The molecular weight excluding hydrogens is 302 g/mol. The Bertz CT molecular complexity index is 534. The van der Waals surface area contributed by atoms with Crippen LogP contribution in [0.5, 0.6) is 0 Å². The molecule has 0 aliphatic carbocycles. The van der Waals surface area contributed by atoms with E-state index in [-0.39, 0.29) is 24.7 Å². The fraction of sp³-hybridized carbons (Fsp3) is 0.579. The van der Waals surface area contributed by atoms with Crippen molar-refractivity contribution >= 4 is 17.5 Å². The topological polar surface area (TPSA) is 62.6 Å². The Kier molecular flexibility index (Phi) is 7.25. The molecule has 1 aliphatic rings. The van der Waals surface area contributed by atoms with Crippen LogP contribution in [-0.4, -0.2) is 38.0 Å². The van der Waals surface area contributed by atoms with Crippen molar-refractivity contribution in [3.63, 3.8) is 0 Å². The van der Waals surface area contributed by atoms with E-state index in [0.29, 0.717) is 12.5 Å². The molecule has 2 rings (SSSR count). The second-order valence-corrected chi connectivity index (χ2v) is 6.88. The third-order valence-electron chi connectivity index (χ3n) is 4.55. The van der Waals surface area contributed by atoms with Crippen molar-refractivity contribution in [2.45, 2.75) is 45.4 Å². The third kappa shape index (κ3) is 6.32. The summed E-state index contributed by atoms with van der Waals surface area (Å²) in [6, 6.07) is 7.86. The number of benzene rings is 1. The van der Waals surface area contributed by atoms with E-state index in [1.54, 1.807) is 4.90 Å². The van der Waals surface area contributed by atoms with E-state index in [4.69, 9.17) is 0 Å². The van der Waals surface area contributed by atoms with Gasteiger partial charge in [0.2, 0.25) is 11.8 Å². The Morgan fingerprint density at radius 3 is 2.29 bits per heavy atom. The molecule has 1 saturated heterocycles. The lowest BCUT2D eigenvalue weighted by atomic mass is 10.0. The monoisotopic (exact) mass is 332 g/mol. The van der Waals surface area contributed by atoms with Gasteiger partial charge in [0.15, 0.2) is 0 Å². The van der Waals surface area contributed by atoms with E-state index in [9.17, 15) is 9.59 Å². The maximum atomic E-state index is 11.9. The van der Waals surface area contributed by atoms with Crippen LogP contribution in [-0.2, 0) is 9.59 Å². The predicted octanol–water partition coefficient (Wildman–Crippen LogP) is 1.32. The zero-order chi connectivity index (χ0) is 17.4. The van der Waals surface area contributed by atoms with Crippen LogP contribution < -0.4 is 15.5 Å². The van der Waals surface area contributed by atoms with Crippen LogP contribution in [0.1, 0.15) is 51.0 Å². The van der Waals surface area contributed by atoms with Gasteiger partial charge in [0.05, 0.1) is 26.2 Å². The lowest BCUT2D eigenvalue weighted by Gasteiger charge is -2.12. The van der Waals surface area contributed by atoms with Crippen LogP contribution in [0.2, 0.25) is 0 Å². The summed E-state index contributed by atoms with van der Waals surface area (Å²) in [7, 11) is 0. The maximum absolute atomic E-state index is 11.9. The highest BCUT2D eigenvalue weighted by atomic mass is 16.2. The Labute approximate surface area is 144 Å². The van der Waals surface area contributed by atoms with Crippen LogP contribution in [0.3, 0.4) is 0 Å². The summed E-state index contributed by atoms with van der Waals surface area (Å²) in [6.45, 7) is 8.39. The van der Waals surface area contributed by atoms with Crippen molar-refractivity contribution in [2.75, 3.05) is 31.5 Å². The molecule has 1 aliphatic heterocycles. The number of quaternary nitrogens is 1. The highest BCUT2D eigenvalue weighted by molar-refractivity contribution is 5.93. The number of likely N-dealkylation sites (tertiary alicyclic amines) is 1. The number of nitrogens with one attached hydrogen (secondary N) is 3. The summed E-state index contributed by atoms with van der Waals surface area (Å²) in [5.74, 6) is 0.312. The number of carbonyl (C=O) groups is 2. The summed E-state index contributed by atoms with van der Waals surface area (Å²) in [6.07, 6.45) is 3.04. The summed E-state index contributed by atoms with van der Waals surface area (Å²) >= 11 is 0. The minimum absolute atomic E-state index is 0.0427. The van der Waals surface area contributed by atoms with Gasteiger partial charge in [-0.3, -0.25) is 9.59 Å².